The van der Waals surface area contributed by atoms with E-state index in [0.29, 0.717) is 12.8 Å². The molecule has 1 aliphatic carbocycles. The fraction of sp³-hybridized carbons (Fsp3) is 0.889. The highest BCUT2D eigenvalue weighted by molar-refractivity contribution is 7.77. The first-order valence-electron chi connectivity index (χ1n) is 4.78. The maximum atomic E-state index is 11.6. The molecule has 0 radical (unpaired) electrons. The summed E-state index contributed by atoms with van der Waals surface area (Å²) in [6.07, 6.45) is 0.594. The molecule has 6 heteroatoms. The first kappa shape index (κ1) is 12.4. The van der Waals surface area contributed by atoms with Gasteiger partial charge < -0.3 is 9.29 Å². The molecule has 0 spiro atoms. The summed E-state index contributed by atoms with van der Waals surface area (Å²) in [5.41, 5.74) is -1.26. The number of hydrogen-bond acceptors (Lipinski definition) is 4. The van der Waals surface area contributed by atoms with Crippen molar-refractivity contribution in [1.29, 1.82) is 0 Å². The number of hydrogen-bond donors (Lipinski definition) is 0. The van der Waals surface area contributed by atoms with Gasteiger partial charge in [-0.05, 0) is 40.5 Å². The van der Waals surface area contributed by atoms with E-state index in [4.69, 9.17) is 4.74 Å². The standard InChI is InChI=1S/C9H17NO4S/c1-8(2,3)14-7(11)10(15(12)13)9(4)5-6-9/h5-6H2,1-4H3,(H,12,13)/p-1. The predicted molar refractivity (Wildman–Crippen MR) is 54.6 cm³/mol. The van der Waals surface area contributed by atoms with Crippen LogP contribution in [-0.2, 0) is 16.0 Å². The molecule has 0 N–H and O–H groups in total. The van der Waals surface area contributed by atoms with Crippen molar-refractivity contribution in [3.63, 3.8) is 0 Å². The lowest BCUT2D eigenvalue weighted by Crippen LogP contribution is -2.44. The van der Waals surface area contributed by atoms with E-state index in [-0.39, 0.29) is 0 Å². The van der Waals surface area contributed by atoms with Gasteiger partial charge in [-0.15, -0.1) is 0 Å². The lowest BCUT2D eigenvalue weighted by molar-refractivity contribution is 0.0328. The SMILES string of the molecule is CC(C)(C)OC(=O)N(S(=O)[O-])C1(C)CC1. The van der Waals surface area contributed by atoms with Gasteiger partial charge in [-0.1, -0.05) is 0 Å². The van der Waals surface area contributed by atoms with Gasteiger partial charge in [-0.25, -0.2) is 9.10 Å². The van der Waals surface area contributed by atoms with E-state index < -0.39 is 28.5 Å². The molecule has 1 aliphatic rings. The second-order valence-corrected chi connectivity index (χ2v) is 5.79. The summed E-state index contributed by atoms with van der Waals surface area (Å²) < 4.78 is 27.7. The van der Waals surface area contributed by atoms with E-state index in [1.165, 1.54) is 0 Å². The van der Waals surface area contributed by atoms with Crippen LogP contribution in [0.15, 0.2) is 0 Å². The number of carbonyl (C=O) groups is 1. The molecule has 5 nitrogen and oxygen atoms in total. The van der Waals surface area contributed by atoms with Gasteiger partial charge in [0, 0.05) is 0 Å². The summed E-state index contributed by atoms with van der Waals surface area (Å²) in [6, 6.07) is 0. The average molecular weight is 234 g/mol. The van der Waals surface area contributed by atoms with Crippen LogP contribution in [0.2, 0.25) is 0 Å². The third kappa shape index (κ3) is 3.17. The van der Waals surface area contributed by atoms with Gasteiger partial charge in [0.25, 0.3) is 0 Å². The van der Waals surface area contributed by atoms with E-state index in [0.717, 1.165) is 4.31 Å². The molecule has 1 atom stereocenters. The fourth-order valence-corrected chi connectivity index (χ4v) is 1.85. The Hall–Kier alpha value is -0.620. The van der Waals surface area contributed by atoms with Crippen LogP contribution < -0.4 is 0 Å². The van der Waals surface area contributed by atoms with Crippen LogP contribution >= 0.6 is 0 Å². The van der Waals surface area contributed by atoms with Crippen molar-refractivity contribution in [1.82, 2.24) is 4.31 Å². The van der Waals surface area contributed by atoms with Crippen LogP contribution in [0, 0.1) is 0 Å². The molecule has 0 saturated heterocycles. The van der Waals surface area contributed by atoms with Crippen LogP contribution in [0.3, 0.4) is 0 Å². The van der Waals surface area contributed by atoms with Crippen LogP contribution in [0.4, 0.5) is 4.79 Å². The van der Waals surface area contributed by atoms with E-state index in [2.05, 4.69) is 0 Å². The lowest BCUT2D eigenvalue weighted by atomic mass is 10.2. The molecule has 15 heavy (non-hydrogen) atoms. The molecular weight excluding hydrogens is 218 g/mol. The average Bonchev–Trinajstić information content (AvgIpc) is 2.62. The Labute approximate surface area is 92.2 Å². The molecule has 1 rings (SSSR count). The first-order valence-corrected chi connectivity index (χ1v) is 5.81. The Morgan fingerprint density at radius 1 is 1.47 bits per heavy atom. The molecule has 1 unspecified atom stereocenters. The minimum atomic E-state index is -2.57. The van der Waals surface area contributed by atoms with Gasteiger partial charge in [0.1, 0.15) is 5.60 Å². The van der Waals surface area contributed by atoms with Crippen LogP contribution in [-0.4, -0.2) is 30.3 Å². The second-order valence-electron chi connectivity index (χ2n) is 4.99. The monoisotopic (exact) mass is 234 g/mol. The molecule has 1 saturated carbocycles. The Morgan fingerprint density at radius 2 is 1.93 bits per heavy atom. The van der Waals surface area contributed by atoms with Crippen molar-refractivity contribution < 1.29 is 18.3 Å². The highest BCUT2D eigenvalue weighted by atomic mass is 32.2. The molecule has 1 amide bonds. The maximum absolute atomic E-state index is 11.6. The number of nitrogens with zero attached hydrogens (tertiary/aromatic N) is 1. The minimum absolute atomic E-state index is 0.574. The van der Waals surface area contributed by atoms with Gasteiger partial charge in [-0.2, -0.15) is 0 Å². The smallest absolute Gasteiger partial charge is 0.421 e. The quantitative estimate of drug-likeness (QED) is 0.680. The summed E-state index contributed by atoms with van der Waals surface area (Å²) in [6.45, 7) is 6.83. The highest BCUT2D eigenvalue weighted by Gasteiger charge is 2.48. The Balaban J connectivity index is 2.74. The van der Waals surface area contributed by atoms with Gasteiger partial charge >= 0.3 is 6.09 Å². The Kier molecular flexibility index (Phi) is 3.11. The van der Waals surface area contributed by atoms with Crippen LogP contribution in [0.1, 0.15) is 40.5 Å². The summed E-state index contributed by atoms with van der Waals surface area (Å²) in [5, 5.41) is 0. The van der Waals surface area contributed by atoms with Gasteiger partial charge in [0.15, 0.2) is 0 Å². The summed E-state index contributed by atoms with van der Waals surface area (Å²) in [4.78, 5) is 11.6. The third-order valence-electron chi connectivity index (χ3n) is 2.17. The summed E-state index contributed by atoms with van der Waals surface area (Å²) >= 11 is -2.57. The fourth-order valence-electron chi connectivity index (χ4n) is 1.15. The largest absolute Gasteiger partial charge is 0.755 e. The molecule has 0 aromatic rings. The summed E-state index contributed by atoms with van der Waals surface area (Å²) in [7, 11) is 0. The molecule has 0 aliphatic heterocycles. The number of ether oxygens (including phenoxy) is 1. The Morgan fingerprint density at radius 3 is 2.20 bits per heavy atom. The van der Waals surface area contributed by atoms with Crippen LogP contribution in [0.5, 0.6) is 0 Å². The predicted octanol–water partition coefficient (Wildman–Crippen LogP) is 1.57. The number of rotatable bonds is 2. The van der Waals surface area contributed by atoms with Crippen molar-refractivity contribution in [2.45, 2.75) is 51.7 Å². The number of amides is 1. The van der Waals surface area contributed by atoms with Crippen molar-refractivity contribution in [2.75, 3.05) is 0 Å². The van der Waals surface area contributed by atoms with Gasteiger partial charge in [0.2, 0.25) is 0 Å². The van der Waals surface area contributed by atoms with E-state index in [1.54, 1.807) is 27.7 Å². The minimum Gasteiger partial charge on any atom is -0.755 e. The Bertz CT molecular complexity index is 293. The zero-order valence-electron chi connectivity index (χ0n) is 9.40. The normalized spacial score (nSPS) is 20.6. The van der Waals surface area contributed by atoms with Crippen molar-refractivity contribution in [3.05, 3.63) is 0 Å². The topological polar surface area (TPSA) is 69.7 Å². The molecule has 88 valence electrons. The molecule has 0 aromatic heterocycles. The molecule has 1 fully saturated rings. The first-order chi connectivity index (χ1) is 6.66. The van der Waals surface area contributed by atoms with E-state index in [1.807, 2.05) is 0 Å². The van der Waals surface area contributed by atoms with Crippen molar-refractivity contribution in [3.8, 4) is 0 Å². The third-order valence-corrected chi connectivity index (χ3v) is 3.06. The van der Waals surface area contributed by atoms with E-state index in [9.17, 15) is 13.6 Å². The molecule has 0 bridgehead atoms. The van der Waals surface area contributed by atoms with Crippen LogP contribution in [0.25, 0.3) is 0 Å². The van der Waals surface area contributed by atoms with Gasteiger partial charge in [-0.3, -0.25) is 4.21 Å². The van der Waals surface area contributed by atoms with Crippen molar-refractivity contribution in [2.24, 2.45) is 0 Å². The molecular formula is C9H16NO4S-. The number of carbonyl (C=O) groups excluding carboxylic acids is 1. The zero-order valence-corrected chi connectivity index (χ0v) is 10.2. The molecule has 0 heterocycles. The lowest BCUT2D eigenvalue weighted by Gasteiger charge is -2.32. The molecule has 0 aromatic carbocycles. The summed E-state index contributed by atoms with van der Waals surface area (Å²) in [5.74, 6) is 0. The zero-order chi connectivity index (χ0) is 11.9. The van der Waals surface area contributed by atoms with E-state index >= 15 is 0 Å². The van der Waals surface area contributed by atoms with Gasteiger partial charge in [0.05, 0.1) is 16.8 Å². The highest BCUT2D eigenvalue weighted by Crippen LogP contribution is 2.42. The van der Waals surface area contributed by atoms with Crippen molar-refractivity contribution >= 4 is 17.4 Å². The second kappa shape index (κ2) is 3.75. The maximum Gasteiger partial charge on any atom is 0.421 e.